The molecule has 5 nitrogen and oxygen atoms in total. The van der Waals surface area contributed by atoms with Gasteiger partial charge in [0.1, 0.15) is 0 Å². The second-order valence-electron chi connectivity index (χ2n) is 6.17. The Bertz CT molecular complexity index is 872. The van der Waals surface area contributed by atoms with Crippen molar-refractivity contribution in [2.45, 2.75) is 24.8 Å². The number of hydrogen-bond donors (Lipinski definition) is 1. The van der Waals surface area contributed by atoms with Crippen LogP contribution in [0.1, 0.15) is 34.5 Å². The van der Waals surface area contributed by atoms with E-state index >= 15 is 0 Å². The Kier molecular flexibility index (Phi) is 6.34. The summed E-state index contributed by atoms with van der Waals surface area (Å²) in [4.78, 5) is 14.5. The highest BCUT2D eigenvalue weighted by molar-refractivity contribution is 7.89. The van der Waals surface area contributed by atoms with E-state index in [4.69, 9.17) is 0 Å². The average molecular weight is 372 g/mol. The third-order valence-corrected chi connectivity index (χ3v) is 5.73. The molecule has 0 heterocycles. The molecular formula is C20H24N2O3S. The van der Waals surface area contributed by atoms with Gasteiger partial charge in [-0.2, -0.15) is 0 Å². The number of carbonyl (C=O) groups is 1. The van der Waals surface area contributed by atoms with E-state index in [9.17, 15) is 13.2 Å². The monoisotopic (exact) mass is 372 g/mol. The molecule has 0 saturated carbocycles. The first-order valence-corrected chi connectivity index (χ1v) is 9.79. The van der Waals surface area contributed by atoms with Crippen LogP contribution in [0.4, 0.5) is 0 Å². The van der Waals surface area contributed by atoms with E-state index in [2.05, 4.69) is 11.3 Å². The van der Waals surface area contributed by atoms with Gasteiger partial charge in [-0.1, -0.05) is 35.9 Å². The molecule has 1 unspecified atom stereocenters. The van der Waals surface area contributed by atoms with Crippen LogP contribution in [0.25, 0.3) is 0 Å². The highest BCUT2D eigenvalue weighted by Gasteiger charge is 2.20. The van der Waals surface area contributed by atoms with Crippen molar-refractivity contribution in [1.82, 2.24) is 9.62 Å². The molecule has 0 aliphatic rings. The van der Waals surface area contributed by atoms with Crippen molar-refractivity contribution < 1.29 is 13.2 Å². The lowest BCUT2D eigenvalue weighted by Gasteiger charge is -2.25. The second kappa shape index (κ2) is 8.29. The first-order chi connectivity index (χ1) is 12.3. The fraction of sp³-hybridized carbons (Fsp3) is 0.250. The molecule has 2 aromatic rings. The normalized spacial score (nSPS) is 12.4. The molecule has 138 valence electrons. The molecule has 1 atom stereocenters. The zero-order valence-corrected chi connectivity index (χ0v) is 16.1. The van der Waals surface area contributed by atoms with Gasteiger partial charge in [0.2, 0.25) is 10.0 Å². The van der Waals surface area contributed by atoms with Crippen molar-refractivity contribution in [2.75, 3.05) is 13.6 Å². The number of aryl methyl sites for hydroxylation is 1. The summed E-state index contributed by atoms with van der Waals surface area (Å²) in [5.74, 6) is -0.166. The zero-order chi connectivity index (χ0) is 19.3. The van der Waals surface area contributed by atoms with Gasteiger partial charge < -0.3 is 4.90 Å². The summed E-state index contributed by atoms with van der Waals surface area (Å²) in [7, 11) is -1.86. The summed E-state index contributed by atoms with van der Waals surface area (Å²) in [5, 5.41) is 0. The molecule has 0 bridgehead atoms. The van der Waals surface area contributed by atoms with Gasteiger partial charge >= 0.3 is 0 Å². The molecule has 0 radical (unpaired) electrons. The number of carbonyl (C=O) groups excluding carboxylic acids is 1. The lowest BCUT2D eigenvalue weighted by molar-refractivity contribution is 0.0742. The van der Waals surface area contributed by atoms with Crippen molar-refractivity contribution in [3.63, 3.8) is 0 Å². The summed E-state index contributed by atoms with van der Waals surface area (Å²) in [6.07, 6.45) is 1.47. The first-order valence-electron chi connectivity index (χ1n) is 8.30. The molecular weight excluding hydrogens is 348 g/mol. The van der Waals surface area contributed by atoms with Gasteiger partial charge in [0.05, 0.1) is 10.9 Å². The van der Waals surface area contributed by atoms with E-state index in [1.807, 2.05) is 38.1 Å². The lowest BCUT2D eigenvalue weighted by Crippen LogP contribution is -2.29. The SMILES string of the molecule is C=CCNS(=O)(=O)c1ccc(C(=O)N(C)C(C)c2ccc(C)cc2)cc1. The van der Waals surface area contributed by atoms with Crippen LogP contribution in [0.15, 0.2) is 66.1 Å². The number of nitrogens with zero attached hydrogens (tertiary/aromatic N) is 1. The second-order valence-corrected chi connectivity index (χ2v) is 7.93. The van der Waals surface area contributed by atoms with E-state index in [0.717, 1.165) is 11.1 Å². The molecule has 2 aromatic carbocycles. The van der Waals surface area contributed by atoms with Crippen LogP contribution in [0.5, 0.6) is 0 Å². The topological polar surface area (TPSA) is 66.5 Å². The third kappa shape index (κ3) is 4.59. The molecule has 0 aromatic heterocycles. The van der Waals surface area contributed by atoms with E-state index in [-0.39, 0.29) is 23.4 Å². The molecule has 2 rings (SSSR count). The van der Waals surface area contributed by atoms with Crippen LogP contribution in [0, 0.1) is 6.92 Å². The van der Waals surface area contributed by atoms with Gasteiger partial charge in [0.25, 0.3) is 5.91 Å². The predicted molar refractivity (Wildman–Crippen MR) is 104 cm³/mol. The van der Waals surface area contributed by atoms with E-state index in [1.54, 1.807) is 11.9 Å². The Balaban J connectivity index is 2.16. The first kappa shape index (κ1) is 19.9. The van der Waals surface area contributed by atoms with Gasteiger partial charge in [-0.3, -0.25) is 4.79 Å². The summed E-state index contributed by atoms with van der Waals surface area (Å²) in [6.45, 7) is 7.61. The lowest BCUT2D eigenvalue weighted by atomic mass is 10.0. The van der Waals surface area contributed by atoms with Gasteiger partial charge in [-0.15, -0.1) is 6.58 Å². The van der Waals surface area contributed by atoms with E-state index in [0.29, 0.717) is 5.56 Å². The Labute approximate surface area is 155 Å². The maximum Gasteiger partial charge on any atom is 0.254 e. The molecule has 0 aliphatic heterocycles. The van der Waals surface area contributed by atoms with Crippen LogP contribution < -0.4 is 4.72 Å². The summed E-state index contributed by atoms with van der Waals surface area (Å²) >= 11 is 0. The number of rotatable bonds is 7. The van der Waals surface area contributed by atoms with Crippen LogP contribution in [0.3, 0.4) is 0 Å². The minimum absolute atomic E-state index is 0.0965. The molecule has 6 heteroatoms. The molecule has 0 saturated heterocycles. The van der Waals surface area contributed by atoms with Crippen LogP contribution in [0.2, 0.25) is 0 Å². The minimum atomic E-state index is -3.59. The Morgan fingerprint density at radius 3 is 2.27 bits per heavy atom. The standard InChI is InChI=1S/C20H24N2O3S/c1-5-14-21-26(24,25)19-12-10-18(11-13-19)20(23)22(4)16(3)17-8-6-15(2)7-9-17/h5-13,16,21H,1,14H2,2-4H3. The number of hydrogen-bond acceptors (Lipinski definition) is 3. The highest BCUT2D eigenvalue weighted by Crippen LogP contribution is 2.21. The molecule has 0 fully saturated rings. The van der Waals surface area contributed by atoms with Crippen molar-refractivity contribution in [2.24, 2.45) is 0 Å². The van der Waals surface area contributed by atoms with Crippen molar-refractivity contribution in [3.05, 3.63) is 77.9 Å². The Hall–Kier alpha value is -2.44. The fourth-order valence-corrected chi connectivity index (χ4v) is 3.48. The van der Waals surface area contributed by atoms with Gasteiger partial charge in [-0.25, -0.2) is 13.1 Å². The summed E-state index contributed by atoms with van der Waals surface area (Å²) in [6, 6.07) is 13.9. The van der Waals surface area contributed by atoms with Gasteiger partial charge in [0.15, 0.2) is 0 Å². The van der Waals surface area contributed by atoms with Gasteiger partial charge in [-0.05, 0) is 43.7 Å². The summed E-state index contributed by atoms with van der Waals surface area (Å²) in [5.41, 5.74) is 2.64. The third-order valence-electron chi connectivity index (χ3n) is 4.29. The maximum absolute atomic E-state index is 12.7. The molecule has 1 amide bonds. The Morgan fingerprint density at radius 2 is 1.73 bits per heavy atom. The van der Waals surface area contributed by atoms with E-state index in [1.165, 1.54) is 30.3 Å². The van der Waals surface area contributed by atoms with E-state index < -0.39 is 10.0 Å². The highest BCUT2D eigenvalue weighted by atomic mass is 32.2. The quantitative estimate of drug-likeness (QED) is 0.759. The maximum atomic E-state index is 12.7. The molecule has 1 N–H and O–H groups in total. The molecule has 0 spiro atoms. The van der Waals surface area contributed by atoms with Crippen molar-refractivity contribution in [1.29, 1.82) is 0 Å². The fourth-order valence-electron chi connectivity index (χ4n) is 2.48. The van der Waals surface area contributed by atoms with Crippen LogP contribution in [-0.2, 0) is 10.0 Å². The van der Waals surface area contributed by atoms with Crippen molar-refractivity contribution in [3.8, 4) is 0 Å². The number of amides is 1. The number of sulfonamides is 1. The zero-order valence-electron chi connectivity index (χ0n) is 15.3. The largest absolute Gasteiger partial charge is 0.335 e. The molecule has 26 heavy (non-hydrogen) atoms. The predicted octanol–water partition coefficient (Wildman–Crippen LogP) is 3.29. The Morgan fingerprint density at radius 1 is 1.15 bits per heavy atom. The average Bonchev–Trinajstić information content (AvgIpc) is 2.65. The number of nitrogens with one attached hydrogen (secondary N) is 1. The minimum Gasteiger partial charge on any atom is -0.335 e. The smallest absolute Gasteiger partial charge is 0.254 e. The molecule has 0 aliphatic carbocycles. The summed E-state index contributed by atoms with van der Waals surface area (Å²) < 4.78 is 26.5. The van der Waals surface area contributed by atoms with Gasteiger partial charge in [0, 0.05) is 19.2 Å². The van der Waals surface area contributed by atoms with Crippen LogP contribution >= 0.6 is 0 Å². The van der Waals surface area contributed by atoms with Crippen molar-refractivity contribution >= 4 is 15.9 Å². The van der Waals surface area contributed by atoms with Crippen LogP contribution in [-0.4, -0.2) is 32.8 Å². The number of benzene rings is 2.